The molecule has 2 aromatic rings. The lowest BCUT2D eigenvalue weighted by Gasteiger charge is -2.04. The number of halogens is 2. The lowest BCUT2D eigenvalue weighted by Crippen LogP contribution is -2.35. The minimum absolute atomic E-state index is 0.816. The number of hydrogen-bond donors (Lipinski definition) is 0. The monoisotopic (exact) mass is 515 g/mol. The van der Waals surface area contributed by atoms with Crippen molar-refractivity contribution in [1.82, 2.24) is 4.57 Å². The largest absolute Gasteiger partial charge is 0.245 e. The first-order valence-corrected chi connectivity index (χ1v) is 12.5. The molecule has 2 rings (SSSR count). The molecule has 0 atom stereocenters. The summed E-state index contributed by atoms with van der Waals surface area (Å²) in [7, 11) is 0. The van der Waals surface area contributed by atoms with Crippen molar-refractivity contribution in [3.63, 3.8) is 0 Å². The van der Waals surface area contributed by atoms with Crippen LogP contribution in [0.25, 0.3) is 0 Å². The van der Waals surface area contributed by atoms with Gasteiger partial charge < -0.3 is 0 Å². The van der Waals surface area contributed by atoms with Gasteiger partial charge in [0.05, 0.1) is 6.54 Å². The van der Waals surface area contributed by atoms with Crippen molar-refractivity contribution in [2.75, 3.05) is 0 Å². The molecule has 0 unspecified atom stereocenters. The molecule has 0 saturated heterocycles. The molecule has 0 aliphatic carbocycles. The van der Waals surface area contributed by atoms with Crippen molar-refractivity contribution in [2.24, 2.45) is 0 Å². The molecule has 1 aromatic carbocycles. The van der Waals surface area contributed by atoms with Crippen LogP contribution >= 0.6 is 34.2 Å². The van der Waals surface area contributed by atoms with Crippen molar-refractivity contribution in [3.8, 4) is 0 Å². The Hall–Kier alpha value is -0.550. The highest BCUT2D eigenvalue weighted by molar-refractivity contribution is 14.1. The van der Waals surface area contributed by atoms with E-state index in [4.69, 9.17) is 11.6 Å². The number of benzene rings is 1. The molecule has 0 fully saturated rings. The zero-order valence-corrected chi connectivity index (χ0v) is 20.9. The third-order valence-corrected chi connectivity index (χ3v) is 7.29. The van der Waals surface area contributed by atoms with Crippen LogP contribution in [0.1, 0.15) is 88.0 Å². The SMILES string of the molecule is CCCCCCCCCCCC[n+]1cn(Cc2ccc(Cl)cc2C)c(C)c1I. The summed E-state index contributed by atoms with van der Waals surface area (Å²) in [5.41, 5.74) is 3.95. The predicted octanol–water partition coefficient (Wildman–Crippen LogP) is 7.62. The second-order valence-electron chi connectivity index (χ2n) is 8.07. The Balaban J connectivity index is 1.74. The summed E-state index contributed by atoms with van der Waals surface area (Å²) in [5, 5.41) is 0.816. The van der Waals surface area contributed by atoms with E-state index in [0.29, 0.717) is 0 Å². The van der Waals surface area contributed by atoms with Gasteiger partial charge in [-0.05, 0) is 43.0 Å². The summed E-state index contributed by atoms with van der Waals surface area (Å²) in [6.07, 6.45) is 16.2. The molecule has 0 bridgehead atoms. The summed E-state index contributed by atoms with van der Waals surface area (Å²) >= 11 is 8.59. The van der Waals surface area contributed by atoms with E-state index in [-0.39, 0.29) is 0 Å². The fourth-order valence-electron chi connectivity index (χ4n) is 3.74. The van der Waals surface area contributed by atoms with Crippen LogP contribution < -0.4 is 4.57 Å². The van der Waals surface area contributed by atoms with Gasteiger partial charge in [-0.3, -0.25) is 0 Å². The van der Waals surface area contributed by atoms with Gasteiger partial charge in [0, 0.05) is 34.5 Å². The molecule has 0 saturated carbocycles. The zero-order chi connectivity index (χ0) is 20.4. The number of aromatic nitrogens is 2. The van der Waals surface area contributed by atoms with Crippen LogP contribution in [-0.4, -0.2) is 4.57 Å². The summed E-state index contributed by atoms with van der Waals surface area (Å²) in [6.45, 7) is 8.69. The summed E-state index contributed by atoms with van der Waals surface area (Å²) < 4.78 is 6.15. The van der Waals surface area contributed by atoms with Crippen molar-refractivity contribution >= 4 is 34.2 Å². The molecule has 1 heterocycles. The Bertz CT molecular complexity index is 724. The molecule has 0 aliphatic heterocycles. The molecule has 156 valence electrons. The predicted molar refractivity (Wildman–Crippen MR) is 129 cm³/mol. The minimum Gasteiger partial charge on any atom is -0.229 e. The standard InChI is InChI=1S/C24H37ClIN2/c1-4-5-6-7-8-9-10-11-12-13-16-27-19-28(21(3)24(27)26)18-22-14-15-23(25)17-20(22)2/h14-15,17,19H,4-13,16,18H2,1-3H3/q+1. The van der Waals surface area contributed by atoms with Crippen LogP contribution in [0.5, 0.6) is 0 Å². The third-order valence-electron chi connectivity index (χ3n) is 5.66. The van der Waals surface area contributed by atoms with E-state index in [9.17, 15) is 0 Å². The van der Waals surface area contributed by atoms with E-state index in [1.54, 1.807) is 0 Å². The van der Waals surface area contributed by atoms with E-state index in [0.717, 1.165) is 18.1 Å². The molecular weight excluding hydrogens is 479 g/mol. The molecule has 1 aromatic heterocycles. The average Bonchev–Trinajstić information content (AvgIpc) is 2.93. The topological polar surface area (TPSA) is 8.81 Å². The fourth-order valence-corrected chi connectivity index (χ4v) is 4.64. The highest BCUT2D eigenvalue weighted by Crippen LogP contribution is 2.18. The van der Waals surface area contributed by atoms with Gasteiger partial charge in [0.25, 0.3) is 0 Å². The first-order valence-electron chi connectivity index (χ1n) is 11.0. The van der Waals surface area contributed by atoms with Crippen LogP contribution in [0.2, 0.25) is 5.02 Å². The first-order chi connectivity index (χ1) is 13.5. The zero-order valence-electron chi connectivity index (χ0n) is 17.9. The lowest BCUT2D eigenvalue weighted by atomic mass is 10.1. The maximum absolute atomic E-state index is 6.10. The maximum atomic E-state index is 6.10. The fraction of sp³-hybridized carbons (Fsp3) is 0.625. The average molecular weight is 516 g/mol. The molecule has 2 nitrogen and oxygen atoms in total. The van der Waals surface area contributed by atoms with Crippen LogP contribution in [-0.2, 0) is 13.1 Å². The second-order valence-corrected chi connectivity index (χ2v) is 9.52. The van der Waals surface area contributed by atoms with Gasteiger partial charge in [0.1, 0.15) is 6.54 Å². The third kappa shape index (κ3) is 7.70. The number of aryl methyl sites for hydroxylation is 2. The number of unbranched alkanes of at least 4 members (excludes halogenated alkanes) is 9. The van der Waals surface area contributed by atoms with Crippen molar-refractivity contribution < 1.29 is 4.57 Å². The Morgan fingerprint density at radius 3 is 2.14 bits per heavy atom. The Morgan fingerprint density at radius 2 is 1.54 bits per heavy atom. The summed E-state index contributed by atoms with van der Waals surface area (Å²) in [6, 6.07) is 6.20. The van der Waals surface area contributed by atoms with Crippen molar-refractivity contribution in [3.05, 3.63) is 50.1 Å². The molecule has 0 N–H and O–H groups in total. The van der Waals surface area contributed by atoms with Gasteiger partial charge in [0.15, 0.2) is 5.69 Å². The Morgan fingerprint density at radius 1 is 0.929 bits per heavy atom. The number of nitrogens with zero attached hydrogens (tertiary/aromatic N) is 2. The van der Waals surface area contributed by atoms with Gasteiger partial charge in [-0.1, -0.05) is 76.0 Å². The van der Waals surface area contributed by atoms with Gasteiger partial charge in [-0.15, -0.1) is 0 Å². The van der Waals surface area contributed by atoms with Crippen LogP contribution in [0, 0.1) is 17.5 Å². The minimum atomic E-state index is 0.816. The van der Waals surface area contributed by atoms with E-state index < -0.39 is 0 Å². The Kier molecular flexibility index (Phi) is 10.9. The number of rotatable bonds is 13. The molecule has 0 amide bonds. The van der Waals surface area contributed by atoms with Crippen LogP contribution in [0.3, 0.4) is 0 Å². The molecule has 0 spiro atoms. The maximum Gasteiger partial charge on any atom is 0.245 e. The summed E-state index contributed by atoms with van der Waals surface area (Å²) in [4.78, 5) is 0. The number of imidazole rings is 1. The Labute approximate surface area is 190 Å². The van der Waals surface area contributed by atoms with Crippen molar-refractivity contribution in [2.45, 2.75) is 98.1 Å². The van der Waals surface area contributed by atoms with E-state index in [2.05, 4.69) is 71.0 Å². The highest BCUT2D eigenvalue weighted by Gasteiger charge is 2.18. The molecular formula is C24H37ClIN2+. The molecule has 4 heteroatoms. The van der Waals surface area contributed by atoms with Crippen molar-refractivity contribution in [1.29, 1.82) is 0 Å². The van der Waals surface area contributed by atoms with Gasteiger partial charge >= 0.3 is 0 Å². The highest BCUT2D eigenvalue weighted by atomic mass is 127. The smallest absolute Gasteiger partial charge is 0.229 e. The number of hydrogen-bond acceptors (Lipinski definition) is 0. The van der Waals surface area contributed by atoms with Gasteiger partial charge in [0.2, 0.25) is 10.0 Å². The summed E-state index contributed by atoms with van der Waals surface area (Å²) in [5.74, 6) is 0. The van der Waals surface area contributed by atoms with Crippen LogP contribution in [0.4, 0.5) is 0 Å². The first kappa shape index (κ1) is 23.7. The van der Waals surface area contributed by atoms with E-state index >= 15 is 0 Å². The van der Waals surface area contributed by atoms with Gasteiger partial charge in [-0.2, -0.15) is 0 Å². The second kappa shape index (κ2) is 12.9. The molecule has 0 aliphatic rings. The van der Waals surface area contributed by atoms with E-state index in [1.807, 2.05) is 6.07 Å². The normalized spacial score (nSPS) is 11.3. The lowest BCUT2D eigenvalue weighted by molar-refractivity contribution is -0.708. The molecule has 28 heavy (non-hydrogen) atoms. The molecule has 0 radical (unpaired) electrons. The van der Waals surface area contributed by atoms with Crippen LogP contribution in [0.15, 0.2) is 24.5 Å². The van der Waals surface area contributed by atoms with Gasteiger partial charge in [-0.25, -0.2) is 9.13 Å². The van der Waals surface area contributed by atoms with E-state index in [1.165, 1.54) is 84.7 Å². The quantitative estimate of drug-likeness (QED) is 0.147.